The zero-order valence-corrected chi connectivity index (χ0v) is 10.7. The highest BCUT2D eigenvalue weighted by Gasteiger charge is 2.10. The summed E-state index contributed by atoms with van der Waals surface area (Å²) >= 11 is 4.81. The molecule has 1 amide bonds. The lowest BCUT2D eigenvalue weighted by molar-refractivity contribution is 0.0951. The molecule has 0 fully saturated rings. The van der Waals surface area contributed by atoms with Gasteiger partial charge in [-0.05, 0) is 24.6 Å². The van der Waals surface area contributed by atoms with Gasteiger partial charge in [-0.2, -0.15) is 0 Å². The Labute approximate surface area is 106 Å². The minimum absolute atomic E-state index is 0.0482. The SMILES string of the molecule is Cc1ccc(C(=O)NCC(C)C(N)=S)cc1O. The summed E-state index contributed by atoms with van der Waals surface area (Å²) in [5, 5.41) is 12.2. The fourth-order valence-corrected chi connectivity index (χ4v) is 1.28. The van der Waals surface area contributed by atoms with E-state index in [0.29, 0.717) is 17.1 Å². The van der Waals surface area contributed by atoms with E-state index in [1.807, 2.05) is 6.92 Å². The van der Waals surface area contributed by atoms with Gasteiger partial charge in [0.05, 0.1) is 4.99 Å². The number of nitrogens with one attached hydrogen (secondary N) is 1. The molecule has 1 rings (SSSR count). The van der Waals surface area contributed by atoms with E-state index in [1.54, 1.807) is 19.1 Å². The summed E-state index contributed by atoms with van der Waals surface area (Å²) in [5.74, 6) is -0.184. The van der Waals surface area contributed by atoms with Gasteiger partial charge in [0, 0.05) is 18.0 Å². The van der Waals surface area contributed by atoms with Crippen molar-refractivity contribution in [1.29, 1.82) is 0 Å². The van der Waals surface area contributed by atoms with Crippen molar-refractivity contribution in [3.8, 4) is 5.75 Å². The molecule has 1 atom stereocenters. The summed E-state index contributed by atoms with van der Waals surface area (Å²) in [6, 6.07) is 4.80. The molecule has 92 valence electrons. The predicted octanol–water partition coefficient (Wildman–Crippen LogP) is 1.35. The van der Waals surface area contributed by atoms with Gasteiger partial charge < -0.3 is 16.2 Å². The second-order valence-electron chi connectivity index (χ2n) is 4.01. The minimum Gasteiger partial charge on any atom is -0.508 e. The fraction of sp³-hybridized carbons (Fsp3) is 0.333. The maximum Gasteiger partial charge on any atom is 0.251 e. The third-order valence-corrected chi connectivity index (χ3v) is 2.93. The van der Waals surface area contributed by atoms with Crippen molar-refractivity contribution in [2.75, 3.05) is 6.54 Å². The van der Waals surface area contributed by atoms with Crippen molar-refractivity contribution in [1.82, 2.24) is 5.32 Å². The van der Waals surface area contributed by atoms with Crippen LogP contribution in [0.4, 0.5) is 0 Å². The Morgan fingerprint density at radius 2 is 2.24 bits per heavy atom. The van der Waals surface area contributed by atoms with E-state index in [0.717, 1.165) is 5.56 Å². The maximum atomic E-state index is 11.7. The number of phenols is 1. The summed E-state index contributed by atoms with van der Waals surface area (Å²) in [5.41, 5.74) is 6.60. The first-order chi connectivity index (χ1) is 7.91. The van der Waals surface area contributed by atoms with E-state index in [1.165, 1.54) is 6.07 Å². The average Bonchev–Trinajstić information content (AvgIpc) is 2.28. The number of hydrogen-bond acceptors (Lipinski definition) is 3. The quantitative estimate of drug-likeness (QED) is 0.707. The molecule has 0 bridgehead atoms. The van der Waals surface area contributed by atoms with Crippen LogP contribution in [0.3, 0.4) is 0 Å². The molecule has 0 aliphatic rings. The Hall–Kier alpha value is -1.62. The molecule has 1 aromatic carbocycles. The van der Waals surface area contributed by atoms with Gasteiger partial charge in [0.15, 0.2) is 0 Å². The van der Waals surface area contributed by atoms with E-state index in [4.69, 9.17) is 18.0 Å². The normalized spacial score (nSPS) is 11.9. The van der Waals surface area contributed by atoms with Crippen LogP contribution >= 0.6 is 12.2 Å². The third-order valence-electron chi connectivity index (χ3n) is 2.53. The van der Waals surface area contributed by atoms with Crippen LogP contribution in [0.2, 0.25) is 0 Å². The summed E-state index contributed by atoms with van der Waals surface area (Å²) < 4.78 is 0. The first-order valence-corrected chi connectivity index (χ1v) is 5.69. The fourth-order valence-electron chi connectivity index (χ4n) is 1.20. The zero-order chi connectivity index (χ0) is 13.0. The number of benzene rings is 1. The summed E-state index contributed by atoms with van der Waals surface area (Å²) in [4.78, 5) is 12.1. The molecular formula is C12H16N2O2S. The van der Waals surface area contributed by atoms with Crippen LogP contribution in [-0.2, 0) is 0 Å². The van der Waals surface area contributed by atoms with Crippen LogP contribution in [0.5, 0.6) is 5.75 Å². The first kappa shape index (κ1) is 13.4. The lowest BCUT2D eigenvalue weighted by atomic mass is 10.1. The lowest BCUT2D eigenvalue weighted by Crippen LogP contribution is -2.33. The number of thiocarbonyl (C=S) groups is 1. The van der Waals surface area contributed by atoms with Crippen LogP contribution < -0.4 is 11.1 Å². The van der Waals surface area contributed by atoms with Crippen molar-refractivity contribution < 1.29 is 9.90 Å². The van der Waals surface area contributed by atoms with E-state index < -0.39 is 0 Å². The molecule has 0 aliphatic carbocycles. The molecule has 0 aromatic heterocycles. The van der Waals surface area contributed by atoms with Gasteiger partial charge in [-0.3, -0.25) is 4.79 Å². The molecule has 0 radical (unpaired) electrons. The van der Waals surface area contributed by atoms with Gasteiger partial charge in [-0.1, -0.05) is 25.2 Å². The van der Waals surface area contributed by atoms with Crippen LogP contribution in [0.25, 0.3) is 0 Å². The Kier molecular flexibility index (Phi) is 4.45. The van der Waals surface area contributed by atoms with E-state index >= 15 is 0 Å². The first-order valence-electron chi connectivity index (χ1n) is 5.29. The number of hydrogen-bond donors (Lipinski definition) is 3. The number of rotatable bonds is 4. The largest absolute Gasteiger partial charge is 0.508 e. The molecule has 0 saturated heterocycles. The standard InChI is InChI=1S/C12H16N2O2S/c1-7-3-4-9(5-10(7)15)12(16)14-6-8(2)11(13)17/h3-5,8,15H,6H2,1-2H3,(H2,13,17)(H,14,16). The lowest BCUT2D eigenvalue weighted by Gasteiger charge is -2.11. The number of aryl methyl sites for hydroxylation is 1. The van der Waals surface area contributed by atoms with Gasteiger partial charge in [-0.25, -0.2) is 0 Å². The van der Waals surface area contributed by atoms with Crippen LogP contribution in [0.1, 0.15) is 22.8 Å². The topological polar surface area (TPSA) is 75.4 Å². The van der Waals surface area contributed by atoms with Gasteiger partial charge in [0.1, 0.15) is 5.75 Å². The van der Waals surface area contributed by atoms with Gasteiger partial charge >= 0.3 is 0 Å². The number of carbonyl (C=O) groups excluding carboxylic acids is 1. The van der Waals surface area contributed by atoms with E-state index in [-0.39, 0.29) is 17.6 Å². The van der Waals surface area contributed by atoms with Crippen LogP contribution in [-0.4, -0.2) is 22.5 Å². The van der Waals surface area contributed by atoms with Crippen molar-refractivity contribution in [3.63, 3.8) is 0 Å². The molecule has 4 N–H and O–H groups in total. The van der Waals surface area contributed by atoms with Crippen molar-refractivity contribution in [2.45, 2.75) is 13.8 Å². The maximum absolute atomic E-state index is 11.7. The highest BCUT2D eigenvalue weighted by Crippen LogP contribution is 2.17. The molecule has 1 unspecified atom stereocenters. The number of aromatic hydroxyl groups is 1. The second kappa shape index (κ2) is 5.63. The number of phenolic OH excluding ortho intramolecular Hbond substituents is 1. The summed E-state index contributed by atoms with van der Waals surface area (Å²) in [6.07, 6.45) is 0. The third kappa shape index (κ3) is 3.71. The highest BCUT2D eigenvalue weighted by atomic mass is 32.1. The second-order valence-corrected chi connectivity index (χ2v) is 4.49. The van der Waals surface area contributed by atoms with Gasteiger partial charge in [0.2, 0.25) is 0 Å². The van der Waals surface area contributed by atoms with Crippen LogP contribution in [0, 0.1) is 12.8 Å². The van der Waals surface area contributed by atoms with Crippen LogP contribution in [0.15, 0.2) is 18.2 Å². The Bertz CT molecular complexity index is 446. The average molecular weight is 252 g/mol. The molecule has 1 aromatic rings. The number of carbonyl (C=O) groups is 1. The molecule has 4 nitrogen and oxygen atoms in total. The molecular weight excluding hydrogens is 236 g/mol. The van der Waals surface area contributed by atoms with Crippen molar-refractivity contribution in [2.24, 2.45) is 11.7 Å². The Morgan fingerprint density at radius 3 is 2.76 bits per heavy atom. The predicted molar refractivity (Wildman–Crippen MR) is 71.1 cm³/mol. The van der Waals surface area contributed by atoms with E-state index in [9.17, 15) is 9.90 Å². The molecule has 5 heteroatoms. The van der Waals surface area contributed by atoms with Crippen molar-refractivity contribution >= 4 is 23.1 Å². The zero-order valence-electron chi connectivity index (χ0n) is 9.86. The number of amides is 1. The Morgan fingerprint density at radius 1 is 1.59 bits per heavy atom. The van der Waals surface area contributed by atoms with Gasteiger partial charge in [0.25, 0.3) is 5.91 Å². The summed E-state index contributed by atoms with van der Waals surface area (Å²) in [7, 11) is 0. The van der Waals surface area contributed by atoms with E-state index in [2.05, 4.69) is 5.32 Å². The Balaban J connectivity index is 2.64. The molecule has 0 aliphatic heterocycles. The molecule has 0 spiro atoms. The number of nitrogens with two attached hydrogens (primary N) is 1. The van der Waals surface area contributed by atoms with Gasteiger partial charge in [-0.15, -0.1) is 0 Å². The minimum atomic E-state index is -0.247. The van der Waals surface area contributed by atoms with Crippen molar-refractivity contribution in [3.05, 3.63) is 29.3 Å². The highest BCUT2D eigenvalue weighted by molar-refractivity contribution is 7.80. The summed E-state index contributed by atoms with van der Waals surface area (Å²) in [6.45, 7) is 4.00. The molecule has 0 saturated carbocycles. The molecule has 0 heterocycles. The monoisotopic (exact) mass is 252 g/mol. The smallest absolute Gasteiger partial charge is 0.251 e. The molecule has 17 heavy (non-hydrogen) atoms.